The van der Waals surface area contributed by atoms with Gasteiger partial charge in [-0.2, -0.15) is 0 Å². The molecule has 4 unspecified atom stereocenters. The topological polar surface area (TPSA) is 0 Å². The van der Waals surface area contributed by atoms with Gasteiger partial charge in [-0.1, -0.05) is 13.3 Å². The summed E-state index contributed by atoms with van der Waals surface area (Å²) in [7, 11) is -0.556. The lowest BCUT2D eigenvalue weighted by molar-refractivity contribution is 0.140. The van der Waals surface area contributed by atoms with E-state index in [1.54, 1.807) is 38.3 Å². The van der Waals surface area contributed by atoms with E-state index in [4.69, 9.17) is 0 Å². The van der Waals surface area contributed by atoms with Crippen LogP contribution in [-0.2, 0) is 0 Å². The van der Waals surface area contributed by atoms with Crippen molar-refractivity contribution >= 4 is 7.26 Å². The minimum Gasteiger partial charge on any atom is -0.0650 e. The van der Waals surface area contributed by atoms with Gasteiger partial charge in [0.2, 0.25) is 0 Å². The number of hydrogen-bond donors (Lipinski definition) is 0. The third kappa shape index (κ3) is 1.30. The van der Waals surface area contributed by atoms with Crippen LogP contribution in [0.4, 0.5) is 0 Å². The third-order valence-corrected chi connectivity index (χ3v) is 9.78. The fourth-order valence-corrected chi connectivity index (χ4v) is 11.0. The number of rotatable bonds is 1. The van der Waals surface area contributed by atoms with Gasteiger partial charge in [-0.25, -0.2) is 0 Å². The predicted octanol–water partition coefficient (Wildman–Crippen LogP) is 4.25. The lowest BCUT2D eigenvalue weighted by Gasteiger charge is -2.38. The van der Waals surface area contributed by atoms with E-state index in [-0.39, 0.29) is 0 Å². The maximum atomic E-state index is 2.67. The van der Waals surface area contributed by atoms with E-state index in [9.17, 15) is 0 Å². The molecule has 0 N–H and O–H groups in total. The summed E-state index contributed by atoms with van der Waals surface area (Å²) in [6.45, 7) is 7.78. The van der Waals surface area contributed by atoms with Crippen LogP contribution in [0.5, 0.6) is 0 Å². The van der Waals surface area contributed by atoms with Gasteiger partial charge in [0, 0.05) is 31.9 Å². The molecule has 0 spiro atoms. The van der Waals surface area contributed by atoms with Gasteiger partial charge in [0.05, 0.1) is 11.8 Å². The minimum absolute atomic E-state index is 0.556. The van der Waals surface area contributed by atoms with Gasteiger partial charge in [-0.05, 0) is 38.0 Å². The molecular formula is C14H26P+. The molecule has 1 saturated heterocycles. The zero-order valence-electron chi connectivity index (χ0n) is 10.6. The number of hydrogen-bond acceptors (Lipinski definition) is 0. The molecule has 0 radical (unpaired) electrons. The molecule has 3 aliphatic rings. The van der Waals surface area contributed by atoms with Crippen LogP contribution < -0.4 is 0 Å². The molecule has 0 nitrogen and oxygen atoms in total. The van der Waals surface area contributed by atoms with E-state index < -0.39 is 7.26 Å². The lowest BCUT2D eigenvalue weighted by atomic mass is 9.66. The van der Waals surface area contributed by atoms with Gasteiger partial charge in [-0.15, -0.1) is 0 Å². The smallest absolute Gasteiger partial charge is 0.0650 e. The van der Waals surface area contributed by atoms with Gasteiger partial charge in [0.25, 0.3) is 0 Å². The van der Waals surface area contributed by atoms with Crippen LogP contribution in [-0.4, -0.2) is 25.2 Å². The zero-order chi connectivity index (χ0) is 10.7. The Morgan fingerprint density at radius 3 is 2.73 bits per heavy atom. The first-order chi connectivity index (χ1) is 7.09. The van der Waals surface area contributed by atoms with E-state index in [0.717, 1.165) is 11.3 Å². The first-order valence-electron chi connectivity index (χ1n) is 6.92. The van der Waals surface area contributed by atoms with Crippen LogP contribution in [0.1, 0.15) is 45.4 Å². The summed E-state index contributed by atoms with van der Waals surface area (Å²) in [6, 6.07) is 0. The fourth-order valence-electron chi connectivity index (χ4n) is 5.68. The Balaban J connectivity index is 1.99. The minimum atomic E-state index is -0.556. The molecule has 0 aromatic heterocycles. The molecule has 0 aromatic rings. The van der Waals surface area contributed by atoms with Crippen LogP contribution in [0, 0.1) is 17.3 Å². The Labute approximate surface area is 95.6 Å². The second-order valence-electron chi connectivity index (χ2n) is 7.00. The van der Waals surface area contributed by atoms with Crippen molar-refractivity contribution < 1.29 is 0 Å². The summed E-state index contributed by atoms with van der Waals surface area (Å²) in [6.07, 6.45) is 11.0. The summed E-state index contributed by atoms with van der Waals surface area (Å²) in [5.41, 5.74) is 2.05. The Kier molecular flexibility index (Phi) is 2.27. The molecule has 0 amide bonds. The highest BCUT2D eigenvalue weighted by molar-refractivity contribution is 7.75. The first-order valence-corrected chi connectivity index (χ1v) is 9.85. The summed E-state index contributed by atoms with van der Waals surface area (Å²) in [4.78, 5) is 0. The standard InChI is InChI=1S/C14H26P/c1-4-11-7-9-14-8-5-6-12(14)13(11)15(2,3)10-14/h11-13H,4-10H2,1-3H3/q+1. The van der Waals surface area contributed by atoms with Crippen LogP contribution in [0.15, 0.2) is 0 Å². The van der Waals surface area contributed by atoms with Crippen molar-refractivity contribution in [3.05, 3.63) is 0 Å². The Hall–Kier alpha value is 0.430. The van der Waals surface area contributed by atoms with Gasteiger partial charge < -0.3 is 0 Å². The maximum absolute atomic E-state index is 2.67. The molecule has 3 fully saturated rings. The van der Waals surface area contributed by atoms with Crippen LogP contribution in [0.25, 0.3) is 0 Å². The van der Waals surface area contributed by atoms with Crippen molar-refractivity contribution in [1.82, 2.24) is 0 Å². The summed E-state index contributed by atoms with van der Waals surface area (Å²) < 4.78 is 0. The quantitative estimate of drug-likeness (QED) is 0.585. The van der Waals surface area contributed by atoms with Crippen molar-refractivity contribution in [2.75, 3.05) is 19.5 Å². The Morgan fingerprint density at radius 2 is 2.00 bits per heavy atom. The average Bonchev–Trinajstić information content (AvgIpc) is 2.61. The summed E-state index contributed by atoms with van der Waals surface area (Å²) in [5.74, 6) is 2.27. The molecular weight excluding hydrogens is 199 g/mol. The molecule has 0 aromatic carbocycles. The van der Waals surface area contributed by atoms with E-state index in [2.05, 4.69) is 20.3 Å². The van der Waals surface area contributed by atoms with Crippen LogP contribution >= 0.6 is 7.26 Å². The summed E-state index contributed by atoms with van der Waals surface area (Å²) >= 11 is 0. The van der Waals surface area contributed by atoms with Crippen molar-refractivity contribution in [2.45, 2.75) is 51.1 Å². The Morgan fingerprint density at radius 1 is 1.20 bits per heavy atom. The van der Waals surface area contributed by atoms with Gasteiger partial charge in [-0.3, -0.25) is 0 Å². The predicted molar refractivity (Wildman–Crippen MR) is 70.2 cm³/mol. The Bertz CT molecular complexity index is 271. The average molecular weight is 225 g/mol. The van der Waals surface area contributed by atoms with Gasteiger partial charge >= 0.3 is 0 Å². The molecule has 4 atom stereocenters. The molecule has 3 rings (SSSR count). The monoisotopic (exact) mass is 225 g/mol. The van der Waals surface area contributed by atoms with Gasteiger partial charge in [0.1, 0.15) is 0 Å². The highest BCUT2D eigenvalue weighted by Crippen LogP contribution is 2.79. The van der Waals surface area contributed by atoms with Crippen molar-refractivity contribution in [3.8, 4) is 0 Å². The molecule has 1 heteroatoms. The molecule has 2 bridgehead atoms. The second kappa shape index (κ2) is 3.22. The van der Waals surface area contributed by atoms with Crippen molar-refractivity contribution in [2.24, 2.45) is 17.3 Å². The van der Waals surface area contributed by atoms with Crippen LogP contribution in [0.3, 0.4) is 0 Å². The largest absolute Gasteiger partial charge is 0.0755 e. The van der Waals surface area contributed by atoms with E-state index in [1.165, 1.54) is 18.0 Å². The highest BCUT2D eigenvalue weighted by Gasteiger charge is 2.67. The fraction of sp³-hybridized carbons (Fsp3) is 1.00. The first kappa shape index (κ1) is 10.6. The van der Waals surface area contributed by atoms with E-state index >= 15 is 0 Å². The van der Waals surface area contributed by atoms with Crippen molar-refractivity contribution in [1.29, 1.82) is 0 Å². The second-order valence-corrected chi connectivity index (χ2v) is 11.5. The molecule has 1 heterocycles. The molecule has 2 saturated carbocycles. The molecule has 15 heavy (non-hydrogen) atoms. The SMILES string of the molecule is CCC1CCC23CCCC2C1[P+](C)(C)C3. The molecule has 1 aliphatic heterocycles. The lowest BCUT2D eigenvalue weighted by Crippen LogP contribution is -2.36. The highest BCUT2D eigenvalue weighted by atomic mass is 31.2. The van der Waals surface area contributed by atoms with Crippen LogP contribution in [0.2, 0.25) is 0 Å². The third-order valence-electron chi connectivity index (χ3n) is 5.94. The van der Waals surface area contributed by atoms with Crippen molar-refractivity contribution in [3.63, 3.8) is 0 Å². The molecule has 86 valence electrons. The normalized spacial score (nSPS) is 51.8. The van der Waals surface area contributed by atoms with E-state index in [1.807, 2.05) is 0 Å². The van der Waals surface area contributed by atoms with Gasteiger partial charge in [0.15, 0.2) is 0 Å². The summed E-state index contributed by atoms with van der Waals surface area (Å²) in [5, 5.41) is 0. The molecule has 2 aliphatic carbocycles. The maximum Gasteiger partial charge on any atom is 0.0755 e. The zero-order valence-corrected chi connectivity index (χ0v) is 11.5. The van der Waals surface area contributed by atoms with E-state index in [0.29, 0.717) is 0 Å².